The predicted molar refractivity (Wildman–Crippen MR) is 122 cm³/mol. The van der Waals surface area contributed by atoms with Crippen LogP contribution in [0.4, 0.5) is 17.5 Å². The van der Waals surface area contributed by atoms with Gasteiger partial charge >= 0.3 is 0 Å². The fourth-order valence-electron chi connectivity index (χ4n) is 3.70. The van der Waals surface area contributed by atoms with Crippen LogP contribution in [-0.4, -0.2) is 45.0 Å². The first-order valence-corrected chi connectivity index (χ1v) is 10.5. The minimum Gasteiger partial charge on any atom is -0.481 e. The van der Waals surface area contributed by atoms with Gasteiger partial charge in [-0.2, -0.15) is 9.97 Å². The SMILES string of the molecule is COc1ccnc(-c2cccc(Nc3nc(N[C@@H]4CCCC[C@@H]4N)ncc3C(N)=O)c2)n1. The van der Waals surface area contributed by atoms with Crippen LogP contribution in [0.5, 0.6) is 5.88 Å². The van der Waals surface area contributed by atoms with Gasteiger partial charge in [0, 0.05) is 41.8 Å². The first-order valence-electron chi connectivity index (χ1n) is 10.5. The maximum Gasteiger partial charge on any atom is 0.254 e. The van der Waals surface area contributed by atoms with Crippen molar-refractivity contribution in [2.75, 3.05) is 17.7 Å². The molecule has 1 aliphatic carbocycles. The van der Waals surface area contributed by atoms with Gasteiger partial charge < -0.3 is 26.8 Å². The molecule has 3 aromatic rings. The number of amides is 1. The molecule has 0 bridgehead atoms. The molecule has 6 N–H and O–H groups in total. The molecule has 1 aromatic carbocycles. The lowest BCUT2D eigenvalue weighted by Gasteiger charge is -2.29. The Morgan fingerprint density at radius 1 is 1.16 bits per heavy atom. The van der Waals surface area contributed by atoms with E-state index in [0.717, 1.165) is 31.2 Å². The van der Waals surface area contributed by atoms with Crippen molar-refractivity contribution in [1.82, 2.24) is 19.9 Å². The molecule has 0 spiro atoms. The molecule has 10 heteroatoms. The monoisotopic (exact) mass is 434 g/mol. The van der Waals surface area contributed by atoms with Crippen LogP contribution in [0.3, 0.4) is 0 Å². The number of hydrogen-bond donors (Lipinski definition) is 4. The molecule has 32 heavy (non-hydrogen) atoms. The van der Waals surface area contributed by atoms with Crippen LogP contribution >= 0.6 is 0 Å². The predicted octanol–water partition coefficient (Wildman–Crippen LogP) is 2.47. The van der Waals surface area contributed by atoms with Crippen molar-refractivity contribution in [2.45, 2.75) is 37.8 Å². The van der Waals surface area contributed by atoms with Crippen molar-refractivity contribution in [3.8, 4) is 17.3 Å². The first-order chi connectivity index (χ1) is 15.5. The molecule has 2 heterocycles. The maximum absolute atomic E-state index is 12.0. The van der Waals surface area contributed by atoms with E-state index >= 15 is 0 Å². The number of anilines is 3. The number of carbonyl (C=O) groups is 1. The average molecular weight is 435 g/mol. The van der Waals surface area contributed by atoms with E-state index in [0.29, 0.717) is 29.2 Å². The fourth-order valence-corrected chi connectivity index (χ4v) is 3.70. The molecule has 166 valence electrons. The number of carbonyl (C=O) groups excluding carboxylic acids is 1. The molecule has 2 atom stereocenters. The Morgan fingerprint density at radius 2 is 2.00 bits per heavy atom. The molecular weight excluding hydrogens is 408 g/mol. The lowest BCUT2D eigenvalue weighted by atomic mass is 9.91. The Labute approximate surface area is 185 Å². The van der Waals surface area contributed by atoms with E-state index in [1.54, 1.807) is 19.4 Å². The fraction of sp³-hybridized carbons (Fsp3) is 0.318. The number of primary amides is 1. The van der Waals surface area contributed by atoms with Crippen LogP contribution in [0, 0.1) is 0 Å². The summed E-state index contributed by atoms with van der Waals surface area (Å²) in [4.78, 5) is 29.4. The van der Waals surface area contributed by atoms with E-state index in [4.69, 9.17) is 16.2 Å². The van der Waals surface area contributed by atoms with E-state index in [9.17, 15) is 4.79 Å². The largest absolute Gasteiger partial charge is 0.481 e. The average Bonchev–Trinajstić information content (AvgIpc) is 2.81. The van der Waals surface area contributed by atoms with Gasteiger partial charge in [0.15, 0.2) is 5.82 Å². The van der Waals surface area contributed by atoms with Crippen molar-refractivity contribution >= 4 is 23.4 Å². The highest BCUT2D eigenvalue weighted by Gasteiger charge is 2.23. The first kappa shape index (κ1) is 21.4. The summed E-state index contributed by atoms with van der Waals surface area (Å²) in [6.07, 6.45) is 7.19. The highest BCUT2D eigenvalue weighted by atomic mass is 16.5. The quantitative estimate of drug-likeness (QED) is 0.439. The molecule has 0 aliphatic heterocycles. The zero-order valence-electron chi connectivity index (χ0n) is 17.8. The third kappa shape index (κ3) is 4.92. The van der Waals surface area contributed by atoms with Crippen molar-refractivity contribution in [3.05, 3.63) is 48.3 Å². The number of nitrogens with two attached hydrogens (primary N) is 2. The van der Waals surface area contributed by atoms with Crippen LogP contribution in [0.1, 0.15) is 36.0 Å². The van der Waals surface area contributed by atoms with Crippen LogP contribution in [0.25, 0.3) is 11.4 Å². The summed E-state index contributed by atoms with van der Waals surface area (Å²) in [5.41, 5.74) is 13.4. The smallest absolute Gasteiger partial charge is 0.254 e. The van der Waals surface area contributed by atoms with Crippen molar-refractivity contribution in [3.63, 3.8) is 0 Å². The summed E-state index contributed by atoms with van der Waals surface area (Å²) >= 11 is 0. The van der Waals surface area contributed by atoms with Gasteiger partial charge in [0.1, 0.15) is 11.4 Å². The number of aromatic nitrogens is 4. The molecular formula is C22H26N8O2. The van der Waals surface area contributed by atoms with Crippen LogP contribution in [-0.2, 0) is 0 Å². The lowest BCUT2D eigenvalue weighted by Crippen LogP contribution is -2.43. The van der Waals surface area contributed by atoms with Crippen molar-refractivity contribution in [2.24, 2.45) is 11.5 Å². The second-order valence-electron chi connectivity index (χ2n) is 7.65. The number of hydrogen-bond acceptors (Lipinski definition) is 9. The second kappa shape index (κ2) is 9.56. The third-order valence-electron chi connectivity index (χ3n) is 5.41. The molecule has 2 aromatic heterocycles. The van der Waals surface area contributed by atoms with E-state index < -0.39 is 5.91 Å². The van der Waals surface area contributed by atoms with Crippen LogP contribution < -0.4 is 26.8 Å². The lowest BCUT2D eigenvalue weighted by molar-refractivity contribution is 0.100. The molecule has 0 unspecified atom stereocenters. The van der Waals surface area contributed by atoms with Gasteiger partial charge in [0.25, 0.3) is 5.91 Å². The minimum absolute atomic E-state index is 0.0409. The van der Waals surface area contributed by atoms with Crippen LogP contribution in [0.2, 0.25) is 0 Å². The molecule has 4 rings (SSSR count). The molecule has 10 nitrogen and oxygen atoms in total. The third-order valence-corrected chi connectivity index (χ3v) is 5.41. The van der Waals surface area contributed by atoms with Crippen molar-refractivity contribution < 1.29 is 9.53 Å². The molecule has 1 fully saturated rings. The topological polar surface area (TPSA) is 154 Å². The van der Waals surface area contributed by atoms with Gasteiger partial charge in [-0.1, -0.05) is 25.0 Å². The Morgan fingerprint density at radius 3 is 2.78 bits per heavy atom. The number of nitrogens with one attached hydrogen (secondary N) is 2. The summed E-state index contributed by atoms with van der Waals surface area (Å²) in [6, 6.07) is 9.24. The van der Waals surface area contributed by atoms with Gasteiger partial charge in [0.2, 0.25) is 11.8 Å². The van der Waals surface area contributed by atoms with Gasteiger partial charge in [-0.3, -0.25) is 4.79 Å². The van der Waals surface area contributed by atoms with Gasteiger partial charge in [-0.05, 0) is 25.0 Å². The Bertz CT molecular complexity index is 1110. The standard InChI is InChI=1S/C22H26N8O2/c1-32-18-9-10-25-20(29-18)13-5-4-6-14(11-13)27-21-15(19(24)31)12-26-22(30-21)28-17-8-3-2-7-16(17)23/h4-6,9-12,16-17H,2-3,7-8,23H2,1H3,(H2,24,31)(H2,26,27,28,30)/t16-,17+/m0/s1. The molecule has 0 radical (unpaired) electrons. The van der Waals surface area contributed by atoms with E-state index in [2.05, 4.69) is 30.6 Å². The van der Waals surface area contributed by atoms with E-state index in [-0.39, 0.29) is 17.6 Å². The van der Waals surface area contributed by atoms with E-state index in [1.807, 2.05) is 24.3 Å². The molecule has 0 saturated heterocycles. The summed E-state index contributed by atoms with van der Waals surface area (Å²) in [5, 5.41) is 6.47. The summed E-state index contributed by atoms with van der Waals surface area (Å²) in [6.45, 7) is 0. The van der Waals surface area contributed by atoms with Crippen molar-refractivity contribution in [1.29, 1.82) is 0 Å². The highest BCUT2D eigenvalue weighted by Crippen LogP contribution is 2.26. The Kier molecular flexibility index (Phi) is 6.41. The minimum atomic E-state index is -0.624. The molecule has 1 amide bonds. The van der Waals surface area contributed by atoms with E-state index in [1.165, 1.54) is 6.20 Å². The Balaban J connectivity index is 1.60. The van der Waals surface area contributed by atoms with Crippen LogP contribution in [0.15, 0.2) is 42.7 Å². The Hall–Kier alpha value is -3.79. The zero-order chi connectivity index (χ0) is 22.5. The summed E-state index contributed by atoms with van der Waals surface area (Å²) in [5.74, 6) is 1.06. The molecule has 1 aliphatic rings. The second-order valence-corrected chi connectivity index (χ2v) is 7.65. The summed E-state index contributed by atoms with van der Waals surface area (Å²) in [7, 11) is 1.55. The molecule has 1 saturated carbocycles. The number of nitrogens with zero attached hydrogens (tertiary/aromatic N) is 4. The zero-order valence-corrected chi connectivity index (χ0v) is 17.8. The number of methoxy groups -OCH3 is 1. The van der Waals surface area contributed by atoms with Gasteiger partial charge in [-0.15, -0.1) is 0 Å². The summed E-state index contributed by atoms with van der Waals surface area (Å²) < 4.78 is 5.18. The normalized spacial score (nSPS) is 18.1. The number of benzene rings is 1. The number of ether oxygens (including phenoxy) is 1. The number of rotatable bonds is 7. The maximum atomic E-state index is 12.0. The van der Waals surface area contributed by atoms with Gasteiger partial charge in [0.05, 0.1) is 7.11 Å². The highest BCUT2D eigenvalue weighted by molar-refractivity contribution is 5.98. The van der Waals surface area contributed by atoms with Gasteiger partial charge in [-0.25, -0.2) is 9.97 Å².